The van der Waals surface area contributed by atoms with Gasteiger partial charge >= 0.3 is 0 Å². The van der Waals surface area contributed by atoms with Crippen LogP contribution in [-0.4, -0.2) is 28.5 Å². The van der Waals surface area contributed by atoms with E-state index in [1.165, 1.54) is 0 Å². The molecule has 2 aromatic heterocycles. The fourth-order valence-electron chi connectivity index (χ4n) is 2.90. The molecule has 2 aromatic rings. The minimum atomic E-state index is -0.134. The number of thiazole rings is 1. The molecule has 0 spiro atoms. The van der Waals surface area contributed by atoms with Gasteiger partial charge < -0.3 is 10.1 Å². The molecule has 0 aliphatic heterocycles. The molecule has 0 saturated heterocycles. The first-order valence-corrected chi connectivity index (χ1v) is 8.74. The van der Waals surface area contributed by atoms with Gasteiger partial charge in [-0.3, -0.25) is 14.6 Å². The van der Waals surface area contributed by atoms with Crippen molar-refractivity contribution < 1.29 is 14.3 Å². The molecule has 1 aliphatic rings. The predicted molar refractivity (Wildman–Crippen MR) is 91.6 cm³/mol. The van der Waals surface area contributed by atoms with Gasteiger partial charge in [0.2, 0.25) is 5.91 Å². The van der Waals surface area contributed by atoms with Gasteiger partial charge in [0.05, 0.1) is 0 Å². The lowest BCUT2D eigenvalue weighted by Crippen LogP contribution is -2.29. The topological polar surface area (TPSA) is 105 Å². The number of nitriles is 1. The van der Waals surface area contributed by atoms with E-state index in [-0.39, 0.29) is 17.9 Å². The van der Waals surface area contributed by atoms with Gasteiger partial charge in [-0.05, 0) is 37.8 Å². The van der Waals surface area contributed by atoms with Gasteiger partial charge in [-0.2, -0.15) is 5.26 Å². The summed E-state index contributed by atoms with van der Waals surface area (Å²) in [5.41, 5.74) is 1.34. The maximum atomic E-state index is 12.4. The lowest BCUT2D eigenvalue weighted by Gasteiger charge is -2.26. The summed E-state index contributed by atoms with van der Waals surface area (Å²) in [4.78, 5) is 31.6. The molecule has 0 atom stereocenters. The Kier molecular flexibility index (Phi) is 5.36. The summed E-state index contributed by atoms with van der Waals surface area (Å²) in [7, 11) is 0. The Hall–Kier alpha value is -2.79. The van der Waals surface area contributed by atoms with Crippen LogP contribution in [0.4, 0.5) is 5.13 Å². The van der Waals surface area contributed by atoms with E-state index in [4.69, 9.17) is 4.74 Å². The van der Waals surface area contributed by atoms with Crippen LogP contribution in [0.15, 0.2) is 24.5 Å². The Morgan fingerprint density at radius 3 is 2.68 bits per heavy atom. The highest BCUT2D eigenvalue weighted by molar-refractivity contribution is 7.16. The maximum Gasteiger partial charge on any atom is 0.293 e. The van der Waals surface area contributed by atoms with Crippen LogP contribution < -0.4 is 5.32 Å². The molecule has 1 amide bonds. The molecule has 128 valence electrons. The summed E-state index contributed by atoms with van der Waals surface area (Å²) in [6.45, 7) is 0.463. The highest BCUT2D eigenvalue weighted by Gasteiger charge is 2.28. The van der Waals surface area contributed by atoms with Crippen molar-refractivity contribution in [1.29, 1.82) is 5.26 Å². The molecule has 1 N–H and O–H groups in total. The molecule has 2 heterocycles. The van der Waals surface area contributed by atoms with Crippen LogP contribution >= 0.6 is 11.3 Å². The first kappa shape index (κ1) is 17.0. The number of carbonyl (C=O) groups excluding carboxylic acids is 2. The minimum absolute atomic E-state index is 0.0927. The van der Waals surface area contributed by atoms with E-state index in [1.807, 2.05) is 0 Å². The molecule has 0 radical (unpaired) electrons. The second kappa shape index (κ2) is 7.85. The molecule has 7 nitrogen and oxygen atoms in total. The molecule has 1 fully saturated rings. The lowest BCUT2D eigenvalue weighted by atomic mass is 9.87. The highest BCUT2D eigenvalue weighted by atomic mass is 32.1. The number of rotatable bonds is 5. The van der Waals surface area contributed by atoms with Crippen LogP contribution in [0.3, 0.4) is 0 Å². The van der Waals surface area contributed by atoms with Crippen LogP contribution in [0.1, 0.15) is 30.6 Å². The number of aromatic nitrogens is 2. The Labute approximate surface area is 148 Å². The number of anilines is 1. The van der Waals surface area contributed by atoms with Gasteiger partial charge in [0.1, 0.15) is 22.7 Å². The van der Waals surface area contributed by atoms with Crippen molar-refractivity contribution in [2.45, 2.75) is 31.8 Å². The molecule has 3 rings (SSSR count). The van der Waals surface area contributed by atoms with E-state index in [0.29, 0.717) is 47.9 Å². The van der Waals surface area contributed by atoms with E-state index in [9.17, 15) is 14.9 Å². The van der Waals surface area contributed by atoms with Crippen LogP contribution in [-0.2, 0) is 14.3 Å². The lowest BCUT2D eigenvalue weighted by molar-refractivity contribution is -0.135. The Bertz CT molecular complexity index is 792. The van der Waals surface area contributed by atoms with Gasteiger partial charge in [0.15, 0.2) is 5.13 Å². The quantitative estimate of drug-likeness (QED) is 0.826. The van der Waals surface area contributed by atoms with Gasteiger partial charge in [-0.1, -0.05) is 11.3 Å². The molecule has 0 bridgehead atoms. The predicted octanol–water partition coefficient (Wildman–Crippen LogP) is 2.75. The minimum Gasteiger partial charge on any atom is -0.465 e. The molecular formula is C17H16N4O3S. The van der Waals surface area contributed by atoms with Crippen LogP contribution in [0, 0.1) is 17.2 Å². The number of ether oxygens (including phenoxy) is 1. The third-order valence-electron chi connectivity index (χ3n) is 4.21. The molecule has 0 unspecified atom stereocenters. The molecular weight excluding hydrogens is 340 g/mol. The number of hydrogen-bond donors (Lipinski definition) is 1. The fourth-order valence-corrected chi connectivity index (χ4v) is 3.69. The summed E-state index contributed by atoms with van der Waals surface area (Å²) >= 11 is 1.16. The number of carbonyl (C=O) groups is 2. The summed E-state index contributed by atoms with van der Waals surface area (Å²) in [6, 6.07) is 5.67. The van der Waals surface area contributed by atoms with Crippen molar-refractivity contribution in [2.75, 3.05) is 5.32 Å². The number of amides is 1. The summed E-state index contributed by atoms with van der Waals surface area (Å²) in [5.74, 6) is -0.241. The normalized spacial score (nSPS) is 19.6. The zero-order valence-corrected chi connectivity index (χ0v) is 14.2. The zero-order valence-electron chi connectivity index (χ0n) is 13.3. The number of pyridine rings is 1. The number of hydrogen-bond acceptors (Lipinski definition) is 7. The summed E-state index contributed by atoms with van der Waals surface area (Å²) in [6.07, 6.45) is 5.86. The zero-order chi connectivity index (χ0) is 17.6. The third kappa shape index (κ3) is 4.00. The van der Waals surface area contributed by atoms with E-state index in [1.54, 1.807) is 24.5 Å². The van der Waals surface area contributed by atoms with Crippen molar-refractivity contribution in [2.24, 2.45) is 5.92 Å². The van der Waals surface area contributed by atoms with Crippen molar-refractivity contribution in [3.05, 3.63) is 29.4 Å². The third-order valence-corrected chi connectivity index (χ3v) is 5.08. The highest BCUT2D eigenvalue weighted by Crippen LogP contribution is 2.32. The van der Waals surface area contributed by atoms with Crippen molar-refractivity contribution in [3.8, 4) is 17.3 Å². The van der Waals surface area contributed by atoms with Crippen LogP contribution in [0.2, 0.25) is 0 Å². The molecule has 1 saturated carbocycles. The van der Waals surface area contributed by atoms with Crippen molar-refractivity contribution in [3.63, 3.8) is 0 Å². The summed E-state index contributed by atoms with van der Waals surface area (Å²) < 4.78 is 4.95. The second-order valence-electron chi connectivity index (χ2n) is 5.74. The van der Waals surface area contributed by atoms with Crippen LogP contribution in [0.25, 0.3) is 11.3 Å². The van der Waals surface area contributed by atoms with E-state index in [2.05, 4.69) is 21.4 Å². The molecule has 1 aliphatic carbocycles. The summed E-state index contributed by atoms with van der Waals surface area (Å²) in [5, 5.41) is 12.5. The van der Waals surface area contributed by atoms with E-state index < -0.39 is 0 Å². The van der Waals surface area contributed by atoms with E-state index >= 15 is 0 Å². The fraction of sp³-hybridized carbons (Fsp3) is 0.353. The van der Waals surface area contributed by atoms with E-state index in [0.717, 1.165) is 16.9 Å². The average molecular weight is 356 g/mol. The average Bonchev–Trinajstić information content (AvgIpc) is 3.06. The Morgan fingerprint density at radius 1 is 1.32 bits per heavy atom. The monoisotopic (exact) mass is 356 g/mol. The Balaban J connectivity index is 1.67. The largest absolute Gasteiger partial charge is 0.465 e. The second-order valence-corrected chi connectivity index (χ2v) is 6.74. The van der Waals surface area contributed by atoms with Gasteiger partial charge in [0.25, 0.3) is 6.47 Å². The first-order valence-electron chi connectivity index (χ1n) is 7.92. The van der Waals surface area contributed by atoms with Crippen LogP contribution in [0.5, 0.6) is 0 Å². The Morgan fingerprint density at radius 2 is 2.04 bits per heavy atom. The first-order chi connectivity index (χ1) is 12.2. The molecule has 0 aromatic carbocycles. The number of nitrogens with one attached hydrogen (secondary N) is 1. The van der Waals surface area contributed by atoms with Gasteiger partial charge in [0, 0.05) is 23.9 Å². The number of nitrogens with zero attached hydrogens (tertiary/aromatic N) is 3. The molecule has 25 heavy (non-hydrogen) atoms. The van der Waals surface area contributed by atoms with Crippen molar-refractivity contribution in [1.82, 2.24) is 9.97 Å². The van der Waals surface area contributed by atoms with Crippen molar-refractivity contribution >= 4 is 28.8 Å². The SMILES string of the molecule is N#Cc1sc(NC(=O)C2CCC(OC=O)CC2)nc1-c1ccncc1. The molecule has 8 heteroatoms. The van der Waals surface area contributed by atoms with Gasteiger partial charge in [-0.15, -0.1) is 0 Å². The maximum absolute atomic E-state index is 12.4. The smallest absolute Gasteiger partial charge is 0.293 e. The van der Waals surface area contributed by atoms with Gasteiger partial charge in [-0.25, -0.2) is 4.98 Å². The standard InChI is InChI=1S/C17H16N4O3S/c18-9-14-15(11-5-7-19-8-6-11)20-17(25-14)21-16(23)12-1-3-13(4-2-12)24-10-22/h5-8,10,12-13H,1-4H2,(H,20,21,23).